The van der Waals surface area contributed by atoms with Gasteiger partial charge in [-0.3, -0.25) is 0 Å². The van der Waals surface area contributed by atoms with Crippen LogP contribution in [0.2, 0.25) is 0 Å². The zero-order valence-electron chi connectivity index (χ0n) is 11.5. The molecular weight excluding hydrogens is 306 g/mol. The van der Waals surface area contributed by atoms with Crippen LogP contribution in [0.15, 0.2) is 34.3 Å². The van der Waals surface area contributed by atoms with Gasteiger partial charge in [-0.2, -0.15) is 0 Å². The molecule has 0 amide bonds. The molecule has 0 aliphatic rings. The maximum absolute atomic E-state index is 12.0. The average Bonchev–Trinajstić information content (AvgIpc) is 3.18. The van der Waals surface area contributed by atoms with Crippen LogP contribution in [0.25, 0.3) is 10.8 Å². The van der Waals surface area contributed by atoms with Crippen molar-refractivity contribution in [2.75, 3.05) is 5.73 Å². The van der Waals surface area contributed by atoms with E-state index in [0.29, 0.717) is 5.89 Å². The first-order chi connectivity index (χ1) is 10.6. The smallest absolute Gasteiger partial charge is 0.361 e. The fourth-order valence-corrected chi connectivity index (χ4v) is 2.32. The molecule has 0 aliphatic heterocycles. The lowest BCUT2D eigenvalue weighted by Crippen LogP contribution is -2.14. The number of anilines is 1. The molecule has 1 unspecified atom stereocenters. The molecule has 1 atom stereocenters. The van der Waals surface area contributed by atoms with Crippen molar-refractivity contribution in [1.82, 2.24) is 20.2 Å². The Bertz CT molecular complexity index is 787. The van der Waals surface area contributed by atoms with Gasteiger partial charge in [0.2, 0.25) is 0 Å². The Morgan fingerprint density at radius 2 is 2.18 bits per heavy atom. The largest absolute Gasteiger partial charge is 0.448 e. The van der Waals surface area contributed by atoms with Gasteiger partial charge in [0.05, 0.1) is 4.88 Å². The lowest BCUT2D eigenvalue weighted by molar-refractivity contribution is 0.0274. The van der Waals surface area contributed by atoms with Crippen molar-refractivity contribution in [2.45, 2.75) is 13.0 Å². The molecule has 0 spiro atoms. The van der Waals surface area contributed by atoms with Crippen LogP contribution in [-0.4, -0.2) is 26.1 Å². The van der Waals surface area contributed by atoms with Crippen LogP contribution < -0.4 is 5.73 Å². The molecule has 0 saturated carbocycles. The standard InChI is InChI=1S/C13H11N5O3S/c1-7(20-13(19)9-10(14)16-5-4-15-9)11-17-18-12(21-11)8-3-2-6-22-8/h2-7H,1H3,(H2,14,16). The lowest BCUT2D eigenvalue weighted by Gasteiger charge is -2.09. The Morgan fingerprint density at radius 3 is 2.91 bits per heavy atom. The maximum Gasteiger partial charge on any atom is 0.361 e. The van der Waals surface area contributed by atoms with E-state index < -0.39 is 12.1 Å². The first kappa shape index (κ1) is 14.1. The van der Waals surface area contributed by atoms with Gasteiger partial charge >= 0.3 is 5.97 Å². The highest BCUT2D eigenvalue weighted by atomic mass is 32.1. The second-order valence-electron chi connectivity index (χ2n) is 4.26. The van der Waals surface area contributed by atoms with Gasteiger partial charge in [-0.15, -0.1) is 21.5 Å². The molecule has 0 aliphatic carbocycles. The molecule has 0 radical (unpaired) electrons. The van der Waals surface area contributed by atoms with Crippen molar-refractivity contribution in [1.29, 1.82) is 0 Å². The number of hydrogen-bond acceptors (Lipinski definition) is 9. The first-order valence-electron chi connectivity index (χ1n) is 6.30. The zero-order chi connectivity index (χ0) is 15.5. The highest BCUT2D eigenvalue weighted by molar-refractivity contribution is 7.13. The topological polar surface area (TPSA) is 117 Å². The van der Waals surface area contributed by atoms with E-state index in [-0.39, 0.29) is 17.4 Å². The summed E-state index contributed by atoms with van der Waals surface area (Å²) >= 11 is 1.47. The van der Waals surface area contributed by atoms with E-state index in [1.807, 2.05) is 17.5 Å². The van der Waals surface area contributed by atoms with E-state index in [1.165, 1.54) is 23.7 Å². The SMILES string of the molecule is CC(OC(=O)c1nccnc1N)c1nnc(-c2cccs2)o1. The highest BCUT2D eigenvalue weighted by Gasteiger charge is 2.22. The zero-order valence-corrected chi connectivity index (χ0v) is 12.3. The maximum atomic E-state index is 12.0. The second kappa shape index (κ2) is 5.90. The van der Waals surface area contributed by atoms with Crippen LogP contribution in [0.5, 0.6) is 0 Å². The molecule has 112 valence electrons. The molecule has 0 fully saturated rings. The summed E-state index contributed by atoms with van der Waals surface area (Å²) in [4.78, 5) is 20.5. The molecule has 0 aromatic carbocycles. The number of hydrogen-bond donors (Lipinski definition) is 1. The predicted molar refractivity (Wildman–Crippen MR) is 77.9 cm³/mol. The van der Waals surface area contributed by atoms with Gasteiger partial charge in [-0.1, -0.05) is 6.07 Å². The molecule has 8 nitrogen and oxygen atoms in total. The fraction of sp³-hybridized carbons (Fsp3) is 0.154. The monoisotopic (exact) mass is 317 g/mol. The predicted octanol–water partition coefficient (Wildman–Crippen LogP) is 2.09. The number of aromatic nitrogens is 4. The van der Waals surface area contributed by atoms with Gasteiger partial charge < -0.3 is 14.9 Å². The number of rotatable bonds is 4. The van der Waals surface area contributed by atoms with Crippen LogP contribution in [0.4, 0.5) is 5.82 Å². The van der Waals surface area contributed by atoms with E-state index in [4.69, 9.17) is 14.9 Å². The van der Waals surface area contributed by atoms with Gasteiger partial charge in [-0.25, -0.2) is 14.8 Å². The van der Waals surface area contributed by atoms with Crippen molar-refractivity contribution in [3.8, 4) is 10.8 Å². The Labute approximate surface area is 129 Å². The summed E-state index contributed by atoms with van der Waals surface area (Å²) in [6.45, 7) is 1.62. The number of esters is 1. The van der Waals surface area contributed by atoms with Crippen molar-refractivity contribution in [3.63, 3.8) is 0 Å². The third kappa shape index (κ3) is 2.79. The van der Waals surface area contributed by atoms with Gasteiger partial charge in [0, 0.05) is 12.4 Å². The number of nitrogen functional groups attached to an aromatic ring is 1. The Morgan fingerprint density at radius 1 is 1.36 bits per heavy atom. The van der Waals surface area contributed by atoms with Gasteiger partial charge in [-0.05, 0) is 18.4 Å². The van der Waals surface area contributed by atoms with E-state index >= 15 is 0 Å². The summed E-state index contributed by atoms with van der Waals surface area (Å²) in [5.74, 6) is -0.121. The number of nitrogens with two attached hydrogens (primary N) is 1. The first-order valence-corrected chi connectivity index (χ1v) is 7.18. The van der Waals surface area contributed by atoms with Gasteiger partial charge in [0.1, 0.15) is 0 Å². The number of carbonyl (C=O) groups excluding carboxylic acids is 1. The van der Waals surface area contributed by atoms with Crippen LogP contribution in [0.3, 0.4) is 0 Å². The molecule has 3 aromatic rings. The van der Waals surface area contributed by atoms with E-state index in [0.717, 1.165) is 4.88 Å². The summed E-state index contributed by atoms with van der Waals surface area (Å²) < 4.78 is 10.7. The minimum atomic E-state index is -0.727. The number of thiophene rings is 1. The quantitative estimate of drug-likeness (QED) is 0.727. The third-order valence-electron chi connectivity index (χ3n) is 2.72. The van der Waals surface area contributed by atoms with E-state index in [1.54, 1.807) is 6.92 Å². The molecule has 2 N–H and O–H groups in total. The molecule has 3 rings (SSSR count). The average molecular weight is 317 g/mol. The lowest BCUT2D eigenvalue weighted by atomic mass is 10.3. The van der Waals surface area contributed by atoms with Crippen LogP contribution in [-0.2, 0) is 4.74 Å². The van der Waals surface area contributed by atoms with Crippen LogP contribution in [0, 0.1) is 0 Å². The van der Waals surface area contributed by atoms with E-state index in [2.05, 4.69) is 20.2 Å². The molecule has 0 saturated heterocycles. The minimum absolute atomic E-state index is 0.00417. The van der Waals surface area contributed by atoms with Crippen molar-refractivity contribution in [3.05, 3.63) is 41.5 Å². The highest BCUT2D eigenvalue weighted by Crippen LogP contribution is 2.26. The molecular formula is C13H11N5O3S. The molecule has 0 bridgehead atoms. The number of ether oxygens (including phenoxy) is 1. The van der Waals surface area contributed by atoms with Gasteiger partial charge in [0.15, 0.2) is 17.6 Å². The Hall–Kier alpha value is -2.81. The van der Waals surface area contributed by atoms with Crippen molar-refractivity contribution >= 4 is 23.1 Å². The fourth-order valence-electron chi connectivity index (χ4n) is 1.67. The molecule has 3 heterocycles. The number of nitrogens with zero attached hydrogens (tertiary/aromatic N) is 4. The molecule has 3 aromatic heterocycles. The normalized spacial score (nSPS) is 12.0. The summed E-state index contributed by atoms with van der Waals surface area (Å²) in [5, 5.41) is 9.72. The van der Waals surface area contributed by atoms with Crippen molar-refractivity contribution < 1.29 is 13.9 Å². The Balaban J connectivity index is 1.74. The minimum Gasteiger partial charge on any atom is -0.448 e. The van der Waals surface area contributed by atoms with Crippen LogP contribution in [0.1, 0.15) is 29.4 Å². The summed E-state index contributed by atoms with van der Waals surface area (Å²) in [6.07, 6.45) is 2.02. The van der Waals surface area contributed by atoms with E-state index in [9.17, 15) is 4.79 Å². The molecule has 22 heavy (non-hydrogen) atoms. The molecule has 9 heteroatoms. The van der Waals surface area contributed by atoms with Gasteiger partial charge in [0.25, 0.3) is 11.8 Å². The number of carbonyl (C=O) groups is 1. The summed E-state index contributed by atoms with van der Waals surface area (Å²) in [6, 6.07) is 3.74. The second-order valence-corrected chi connectivity index (χ2v) is 5.21. The summed E-state index contributed by atoms with van der Waals surface area (Å²) in [5.41, 5.74) is 5.53. The van der Waals surface area contributed by atoms with Crippen LogP contribution >= 0.6 is 11.3 Å². The Kier molecular flexibility index (Phi) is 3.79. The third-order valence-corrected chi connectivity index (χ3v) is 3.58. The van der Waals surface area contributed by atoms with Crippen molar-refractivity contribution in [2.24, 2.45) is 0 Å². The summed E-state index contributed by atoms with van der Waals surface area (Å²) in [7, 11) is 0.